The monoisotopic (exact) mass is 271 g/mol. The topological polar surface area (TPSA) is 69.8 Å². The van der Waals surface area contributed by atoms with Crippen molar-refractivity contribution >= 4 is 5.91 Å². The van der Waals surface area contributed by atoms with Crippen molar-refractivity contribution in [1.29, 1.82) is 0 Å². The molecule has 1 fully saturated rings. The van der Waals surface area contributed by atoms with Gasteiger partial charge in [-0.05, 0) is 20.3 Å². The van der Waals surface area contributed by atoms with Crippen molar-refractivity contribution in [3.63, 3.8) is 0 Å². The lowest BCUT2D eigenvalue weighted by molar-refractivity contribution is -0.138. The number of hydrogen-bond acceptors (Lipinski definition) is 4. The second kappa shape index (κ2) is 7.22. The van der Waals surface area contributed by atoms with Gasteiger partial charge in [0.25, 0.3) is 0 Å². The molecule has 1 amide bonds. The number of rotatable bonds is 5. The first-order chi connectivity index (χ1) is 8.86. The normalized spacial score (nSPS) is 26.0. The molecule has 1 aliphatic heterocycles. The van der Waals surface area contributed by atoms with E-state index in [1.807, 2.05) is 25.7 Å². The zero-order chi connectivity index (χ0) is 14.6. The van der Waals surface area contributed by atoms with E-state index < -0.39 is 0 Å². The Morgan fingerprint density at radius 1 is 1.37 bits per heavy atom. The van der Waals surface area contributed by atoms with Gasteiger partial charge in [0.15, 0.2) is 0 Å². The summed E-state index contributed by atoms with van der Waals surface area (Å²) in [7, 11) is 0. The minimum atomic E-state index is -0.320. The minimum absolute atomic E-state index is 0.108. The molecule has 0 aromatic carbocycles. The molecule has 3 N–H and O–H groups in total. The molecule has 5 heteroatoms. The summed E-state index contributed by atoms with van der Waals surface area (Å²) in [6.45, 7) is 10.7. The molecule has 1 rings (SSSR count). The molecule has 112 valence electrons. The Kier molecular flexibility index (Phi) is 6.23. The molecule has 0 bridgehead atoms. The van der Waals surface area contributed by atoms with Crippen molar-refractivity contribution < 1.29 is 9.90 Å². The lowest BCUT2D eigenvalue weighted by Gasteiger charge is -2.42. The highest BCUT2D eigenvalue weighted by Gasteiger charge is 2.31. The van der Waals surface area contributed by atoms with Crippen LogP contribution >= 0.6 is 0 Å². The van der Waals surface area contributed by atoms with Gasteiger partial charge in [0, 0.05) is 38.3 Å². The van der Waals surface area contributed by atoms with Crippen LogP contribution in [0.2, 0.25) is 0 Å². The van der Waals surface area contributed by atoms with Crippen LogP contribution < -0.4 is 5.73 Å². The zero-order valence-corrected chi connectivity index (χ0v) is 12.7. The van der Waals surface area contributed by atoms with Crippen LogP contribution in [0.3, 0.4) is 0 Å². The number of nitrogens with two attached hydrogens (primary N) is 1. The van der Waals surface area contributed by atoms with Crippen LogP contribution in [-0.4, -0.2) is 65.2 Å². The molecule has 0 aliphatic carbocycles. The second-order valence-corrected chi connectivity index (χ2v) is 5.84. The van der Waals surface area contributed by atoms with E-state index >= 15 is 0 Å². The fourth-order valence-corrected chi connectivity index (χ4v) is 2.57. The third-order valence-corrected chi connectivity index (χ3v) is 4.06. The van der Waals surface area contributed by atoms with E-state index in [9.17, 15) is 9.90 Å². The fraction of sp³-hybridized carbons (Fsp3) is 0.929. The van der Waals surface area contributed by atoms with E-state index in [0.717, 1.165) is 26.1 Å². The molecule has 4 unspecified atom stereocenters. The fourth-order valence-electron chi connectivity index (χ4n) is 2.57. The van der Waals surface area contributed by atoms with E-state index in [-0.39, 0.29) is 24.0 Å². The summed E-state index contributed by atoms with van der Waals surface area (Å²) in [4.78, 5) is 16.5. The predicted octanol–water partition coefficient (Wildman–Crippen LogP) is 0.273. The van der Waals surface area contributed by atoms with Crippen molar-refractivity contribution in [3.8, 4) is 0 Å². The molecule has 19 heavy (non-hydrogen) atoms. The number of aliphatic hydroxyl groups is 1. The van der Waals surface area contributed by atoms with Gasteiger partial charge >= 0.3 is 0 Å². The first-order valence-corrected chi connectivity index (χ1v) is 7.33. The summed E-state index contributed by atoms with van der Waals surface area (Å²) in [6.07, 6.45) is 0.669. The van der Waals surface area contributed by atoms with Gasteiger partial charge in [0.1, 0.15) is 0 Å². The smallest absolute Gasteiger partial charge is 0.227 e. The van der Waals surface area contributed by atoms with Gasteiger partial charge in [-0.25, -0.2) is 0 Å². The van der Waals surface area contributed by atoms with Gasteiger partial charge in [-0.1, -0.05) is 13.8 Å². The summed E-state index contributed by atoms with van der Waals surface area (Å²) >= 11 is 0. The van der Waals surface area contributed by atoms with Crippen LogP contribution in [0.1, 0.15) is 34.1 Å². The number of nitrogens with zero attached hydrogens (tertiary/aromatic N) is 2. The Labute approximate surface area is 116 Å². The maximum atomic E-state index is 12.3. The number of carbonyl (C=O) groups is 1. The first kappa shape index (κ1) is 16.4. The average molecular weight is 271 g/mol. The first-order valence-electron chi connectivity index (χ1n) is 7.33. The average Bonchev–Trinajstić information content (AvgIpc) is 2.36. The van der Waals surface area contributed by atoms with Gasteiger partial charge < -0.3 is 15.7 Å². The summed E-state index contributed by atoms with van der Waals surface area (Å²) in [5, 5.41) is 9.52. The van der Waals surface area contributed by atoms with E-state index in [1.165, 1.54) is 0 Å². The Hall–Kier alpha value is -0.650. The third-order valence-electron chi connectivity index (χ3n) is 4.06. The quantitative estimate of drug-likeness (QED) is 0.753. The zero-order valence-electron chi connectivity index (χ0n) is 12.7. The van der Waals surface area contributed by atoms with Crippen LogP contribution in [0.4, 0.5) is 0 Å². The Bertz CT molecular complexity index is 294. The standard InChI is InChI=1S/C14H29N3O2/c1-5-13-9-17(14(19)11(3)12(4)15)7-6-16(13)8-10(2)18/h10-13,18H,5-9,15H2,1-4H3. The largest absolute Gasteiger partial charge is 0.392 e. The molecule has 0 saturated carbocycles. The molecule has 1 heterocycles. The molecular weight excluding hydrogens is 242 g/mol. The number of β-amino-alcohol motifs (C(OH)–C–C–N with tert-alkyl or cyclic N) is 1. The van der Waals surface area contributed by atoms with Crippen LogP contribution in [-0.2, 0) is 4.79 Å². The summed E-state index contributed by atoms with van der Waals surface area (Å²) in [6, 6.07) is 0.232. The van der Waals surface area contributed by atoms with Gasteiger partial charge in [-0.2, -0.15) is 0 Å². The lowest BCUT2D eigenvalue weighted by atomic mass is 10.0. The van der Waals surface area contributed by atoms with Crippen LogP contribution in [0.15, 0.2) is 0 Å². The lowest BCUT2D eigenvalue weighted by Crippen LogP contribution is -2.57. The predicted molar refractivity (Wildman–Crippen MR) is 76.7 cm³/mol. The molecule has 5 nitrogen and oxygen atoms in total. The minimum Gasteiger partial charge on any atom is -0.392 e. The highest BCUT2D eigenvalue weighted by Crippen LogP contribution is 2.16. The molecule has 0 aromatic rings. The summed E-state index contributed by atoms with van der Waals surface area (Å²) < 4.78 is 0. The molecule has 1 aliphatic rings. The van der Waals surface area contributed by atoms with E-state index in [4.69, 9.17) is 5.73 Å². The van der Waals surface area contributed by atoms with Crippen molar-refractivity contribution in [3.05, 3.63) is 0 Å². The molecule has 1 saturated heterocycles. The number of carbonyl (C=O) groups excluding carboxylic acids is 1. The van der Waals surface area contributed by atoms with Gasteiger partial charge in [0.05, 0.1) is 12.0 Å². The summed E-state index contributed by atoms with van der Waals surface area (Å²) in [5.74, 6) is 0.0333. The number of hydrogen-bond donors (Lipinski definition) is 2. The van der Waals surface area contributed by atoms with Crippen LogP contribution in [0.5, 0.6) is 0 Å². The van der Waals surface area contributed by atoms with Crippen LogP contribution in [0, 0.1) is 5.92 Å². The number of amides is 1. The van der Waals surface area contributed by atoms with E-state index in [1.54, 1.807) is 0 Å². The molecule has 0 radical (unpaired) electrons. The summed E-state index contributed by atoms with van der Waals surface area (Å²) in [5.41, 5.74) is 5.81. The van der Waals surface area contributed by atoms with Crippen molar-refractivity contribution in [2.75, 3.05) is 26.2 Å². The number of aliphatic hydroxyl groups excluding tert-OH is 1. The molecule has 0 spiro atoms. The second-order valence-electron chi connectivity index (χ2n) is 5.84. The maximum absolute atomic E-state index is 12.3. The highest BCUT2D eigenvalue weighted by atomic mass is 16.3. The maximum Gasteiger partial charge on any atom is 0.227 e. The number of piperazine rings is 1. The Morgan fingerprint density at radius 3 is 2.47 bits per heavy atom. The molecule has 4 atom stereocenters. The third kappa shape index (κ3) is 4.44. The van der Waals surface area contributed by atoms with Gasteiger partial charge in [-0.3, -0.25) is 9.69 Å². The van der Waals surface area contributed by atoms with Gasteiger partial charge in [-0.15, -0.1) is 0 Å². The van der Waals surface area contributed by atoms with Crippen molar-refractivity contribution in [1.82, 2.24) is 9.80 Å². The van der Waals surface area contributed by atoms with Crippen molar-refractivity contribution in [2.24, 2.45) is 11.7 Å². The highest BCUT2D eigenvalue weighted by molar-refractivity contribution is 5.79. The Morgan fingerprint density at radius 2 is 2.00 bits per heavy atom. The van der Waals surface area contributed by atoms with E-state index in [0.29, 0.717) is 12.6 Å². The molecule has 0 aromatic heterocycles. The van der Waals surface area contributed by atoms with E-state index in [2.05, 4.69) is 11.8 Å². The van der Waals surface area contributed by atoms with Gasteiger partial charge in [0.2, 0.25) is 5.91 Å². The molecular formula is C14H29N3O2. The SMILES string of the molecule is CCC1CN(C(=O)C(C)C(C)N)CCN1CC(C)O. The van der Waals surface area contributed by atoms with Crippen molar-refractivity contribution in [2.45, 2.75) is 52.3 Å². The Balaban J connectivity index is 2.61. The van der Waals surface area contributed by atoms with Crippen LogP contribution in [0.25, 0.3) is 0 Å².